The summed E-state index contributed by atoms with van der Waals surface area (Å²) in [6.45, 7) is 4.36. The summed E-state index contributed by atoms with van der Waals surface area (Å²) in [5, 5.41) is 0. The Hall–Kier alpha value is -1.37. The zero-order valence-corrected chi connectivity index (χ0v) is 9.23. The highest BCUT2D eigenvalue weighted by Gasteiger charge is 2.25. The molecule has 0 radical (unpaired) electrons. The summed E-state index contributed by atoms with van der Waals surface area (Å²) in [5.74, 6) is 1.20. The quantitative estimate of drug-likeness (QED) is 0.679. The lowest BCUT2D eigenvalue weighted by Crippen LogP contribution is -2.19. The number of ketones is 1. The molecule has 0 bridgehead atoms. The van der Waals surface area contributed by atoms with E-state index in [0.717, 1.165) is 0 Å². The predicted molar refractivity (Wildman–Crippen MR) is 62.4 cm³/mol. The molecule has 0 aliphatic heterocycles. The summed E-state index contributed by atoms with van der Waals surface area (Å²) < 4.78 is 0. The third kappa shape index (κ3) is 2.01. The Morgan fingerprint density at radius 1 is 1.13 bits per heavy atom. The zero-order chi connectivity index (χ0) is 10.8. The molecule has 1 heteroatoms. The lowest BCUT2D eigenvalue weighted by Gasteiger charge is -2.26. The fraction of sp³-hybridized carbons (Fsp3) is 0.357. The van der Waals surface area contributed by atoms with Crippen molar-refractivity contribution in [3.8, 4) is 0 Å². The minimum atomic E-state index is 0.263. The molecule has 15 heavy (non-hydrogen) atoms. The summed E-state index contributed by atoms with van der Waals surface area (Å²) in [6.07, 6.45) is 2.51. The van der Waals surface area contributed by atoms with Gasteiger partial charge < -0.3 is 0 Å². The Labute approximate surface area is 90.8 Å². The van der Waals surface area contributed by atoms with Crippen LogP contribution in [0.3, 0.4) is 0 Å². The van der Waals surface area contributed by atoms with Gasteiger partial charge in [-0.25, -0.2) is 0 Å². The van der Waals surface area contributed by atoms with Crippen LogP contribution in [0.4, 0.5) is 0 Å². The second kappa shape index (κ2) is 4.01. The monoisotopic (exact) mass is 200 g/mol. The van der Waals surface area contributed by atoms with Crippen LogP contribution >= 0.6 is 0 Å². The van der Waals surface area contributed by atoms with Crippen molar-refractivity contribution in [3.63, 3.8) is 0 Å². The van der Waals surface area contributed by atoms with Crippen LogP contribution in [0, 0.1) is 11.8 Å². The summed E-state index contributed by atoms with van der Waals surface area (Å²) in [5.41, 5.74) is 2.38. The Kier molecular flexibility index (Phi) is 2.72. The molecule has 0 fully saturated rings. The van der Waals surface area contributed by atoms with Gasteiger partial charge in [0.25, 0.3) is 0 Å². The highest BCUT2D eigenvalue weighted by Crippen LogP contribution is 2.34. The number of rotatable bonds is 1. The maximum Gasteiger partial charge on any atom is 0.156 e. The van der Waals surface area contributed by atoms with Gasteiger partial charge in [-0.05, 0) is 29.0 Å². The molecular weight excluding hydrogens is 184 g/mol. The number of benzene rings is 1. The first-order valence-electron chi connectivity index (χ1n) is 5.48. The molecule has 0 N–H and O–H groups in total. The number of carbonyl (C=O) groups is 1. The zero-order valence-electron chi connectivity index (χ0n) is 9.23. The van der Waals surface area contributed by atoms with Crippen LogP contribution in [0.25, 0.3) is 5.57 Å². The highest BCUT2D eigenvalue weighted by molar-refractivity contribution is 5.99. The topological polar surface area (TPSA) is 17.1 Å². The van der Waals surface area contributed by atoms with Gasteiger partial charge >= 0.3 is 0 Å². The molecule has 0 aromatic heterocycles. The van der Waals surface area contributed by atoms with Crippen LogP contribution in [-0.2, 0) is 4.79 Å². The molecule has 0 heterocycles. The van der Waals surface area contributed by atoms with Crippen LogP contribution in [-0.4, -0.2) is 5.78 Å². The van der Waals surface area contributed by atoms with Gasteiger partial charge in [-0.1, -0.05) is 44.2 Å². The van der Waals surface area contributed by atoms with Crippen molar-refractivity contribution in [2.24, 2.45) is 11.8 Å². The predicted octanol–water partition coefficient (Wildman–Crippen LogP) is 3.32. The average molecular weight is 200 g/mol. The SMILES string of the molecule is CC1CC(=O)C=C(c2ccccc2)C1C. The van der Waals surface area contributed by atoms with E-state index in [9.17, 15) is 4.79 Å². The number of allylic oxidation sites excluding steroid dienone is 2. The summed E-state index contributed by atoms with van der Waals surface area (Å²) in [7, 11) is 0. The van der Waals surface area contributed by atoms with E-state index in [1.165, 1.54) is 11.1 Å². The van der Waals surface area contributed by atoms with E-state index in [1.54, 1.807) is 0 Å². The van der Waals surface area contributed by atoms with Crippen molar-refractivity contribution in [1.82, 2.24) is 0 Å². The number of carbonyl (C=O) groups excluding carboxylic acids is 1. The van der Waals surface area contributed by atoms with Crippen LogP contribution in [0.2, 0.25) is 0 Å². The molecule has 2 rings (SSSR count). The summed E-state index contributed by atoms with van der Waals surface area (Å²) in [6, 6.07) is 10.2. The van der Waals surface area contributed by atoms with Crippen molar-refractivity contribution >= 4 is 11.4 Å². The van der Waals surface area contributed by atoms with E-state index in [4.69, 9.17) is 0 Å². The first-order valence-corrected chi connectivity index (χ1v) is 5.48. The van der Waals surface area contributed by atoms with E-state index in [2.05, 4.69) is 26.0 Å². The van der Waals surface area contributed by atoms with E-state index >= 15 is 0 Å². The second-order valence-corrected chi connectivity index (χ2v) is 4.40. The Morgan fingerprint density at radius 3 is 2.47 bits per heavy atom. The molecule has 2 unspecified atom stereocenters. The van der Waals surface area contributed by atoms with Crippen LogP contribution in [0.1, 0.15) is 25.8 Å². The summed E-state index contributed by atoms with van der Waals surface area (Å²) >= 11 is 0. The van der Waals surface area contributed by atoms with E-state index in [1.807, 2.05) is 24.3 Å². The van der Waals surface area contributed by atoms with Gasteiger partial charge in [0.2, 0.25) is 0 Å². The third-order valence-corrected chi connectivity index (χ3v) is 3.29. The fourth-order valence-electron chi connectivity index (χ4n) is 2.14. The smallest absolute Gasteiger partial charge is 0.156 e. The third-order valence-electron chi connectivity index (χ3n) is 3.29. The van der Waals surface area contributed by atoms with Crippen molar-refractivity contribution in [1.29, 1.82) is 0 Å². The Morgan fingerprint density at radius 2 is 1.80 bits per heavy atom. The minimum Gasteiger partial charge on any atom is -0.295 e. The van der Waals surface area contributed by atoms with Crippen molar-refractivity contribution < 1.29 is 4.79 Å². The normalized spacial score (nSPS) is 26.3. The van der Waals surface area contributed by atoms with Gasteiger partial charge in [0, 0.05) is 6.42 Å². The van der Waals surface area contributed by atoms with Gasteiger partial charge in [-0.3, -0.25) is 4.79 Å². The van der Waals surface area contributed by atoms with Gasteiger partial charge in [0.15, 0.2) is 5.78 Å². The van der Waals surface area contributed by atoms with Gasteiger partial charge in [0.05, 0.1) is 0 Å². The van der Waals surface area contributed by atoms with E-state index in [0.29, 0.717) is 18.3 Å². The first kappa shape index (κ1) is 10.2. The van der Waals surface area contributed by atoms with Crippen molar-refractivity contribution in [2.75, 3.05) is 0 Å². The molecule has 1 aromatic carbocycles. The van der Waals surface area contributed by atoms with Gasteiger partial charge in [0.1, 0.15) is 0 Å². The lowest BCUT2D eigenvalue weighted by atomic mass is 9.77. The molecule has 1 nitrogen and oxygen atoms in total. The molecule has 1 aliphatic rings. The maximum atomic E-state index is 11.5. The molecule has 1 aliphatic carbocycles. The Balaban J connectivity index is 2.39. The van der Waals surface area contributed by atoms with Crippen molar-refractivity contribution in [2.45, 2.75) is 20.3 Å². The largest absolute Gasteiger partial charge is 0.295 e. The minimum absolute atomic E-state index is 0.263. The van der Waals surface area contributed by atoms with E-state index < -0.39 is 0 Å². The van der Waals surface area contributed by atoms with Crippen LogP contribution in [0.5, 0.6) is 0 Å². The summed E-state index contributed by atoms with van der Waals surface area (Å²) in [4.78, 5) is 11.5. The molecule has 0 saturated carbocycles. The molecule has 0 amide bonds. The van der Waals surface area contributed by atoms with Crippen LogP contribution < -0.4 is 0 Å². The fourth-order valence-corrected chi connectivity index (χ4v) is 2.14. The second-order valence-electron chi connectivity index (χ2n) is 4.40. The number of hydrogen-bond acceptors (Lipinski definition) is 1. The highest BCUT2D eigenvalue weighted by atomic mass is 16.1. The lowest BCUT2D eigenvalue weighted by molar-refractivity contribution is -0.115. The molecule has 1 aromatic rings. The number of hydrogen-bond donors (Lipinski definition) is 0. The molecule has 2 atom stereocenters. The maximum absolute atomic E-state index is 11.5. The van der Waals surface area contributed by atoms with Gasteiger partial charge in [-0.2, -0.15) is 0 Å². The average Bonchev–Trinajstić information content (AvgIpc) is 2.24. The molecule has 0 spiro atoms. The molecule has 0 saturated heterocycles. The molecular formula is C14H16O. The van der Waals surface area contributed by atoms with Crippen LogP contribution in [0.15, 0.2) is 36.4 Å². The Bertz CT molecular complexity index is 389. The van der Waals surface area contributed by atoms with Gasteiger partial charge in [-0.15, -0.1) is 0 Å². The van der Waals surface area contributed by atoms with Crippen molar-refractivity contribution in [3.05, 3.63) is 42.0 Å². The first-order chi connectivity index (χ1) is 7.18. The van der Waals surface area contributed by atoms with E-state index in [-0.39, 0.29) is 5.78 Å². The molecule has 78 valence electrons. The standard InChI is InChI=1S/C14H16O/c1-10-8-13(15)9-14(11(10)2)12-6-4-3-5-7-12/h3-7,9-11H,8H2,1-2H3.